The van der Waals surface area contributed by atoms with Gasteiger partial charge < -0.3 is 14.8 Å². The van der Waals surface area contributed by atoms with Gasteiger partial charge in [0.05, 0.1) is 6.61 Å². The van der Waals surface area contributed by atoms with Crippen LogP contribution in [0.5, 0.6) is 0 Å². The van der Waals surface area contributed by atoms with Crippen LogP contribution in [0.25, 0.3) is 0 Å². The average molecular weight is 259 g/mol. The van der Waals surface area contributed by atoms with Crippen molar-refractivity contribution in [1.29, 1.82) is 0 Å². The van der Waals surface area contributed by atoms with Crippen LogP contribution in [-0.4, -0.2) is 31.5 Å². The number of carbonyl (C=O) groups excluding carboxylic acids is 1. The minimum Gasteiger partial charge on any atom is -0.444 e. The largest absolute Gasteiger partial charge is 0.444 e. The van der Waals surface area contributed by atoms with E-state index in [-0.39, 0.29) is 11.5 Å². The molecule has 0 aromatic rings. The zero-order valence-electron chi connectivity index (χ0n) is 12.8. The van der Waals surface area contributed by atoms with Gasteiger partial charge in [-0.3, -0.25) is 0 Å². The molecule has 0 atom stereocenters. The summed E-state index contributed by atoms with van der Waals surface area (Å²) in [6.45, 7) is 14.2. The summed E-state index contributed by atoms with van der Waals surface area (Å²) >= 11 is 0. The van der Waals surface area contributed by atoms with Gasteiger partial charge >= 0.3 is 6.09 Å². The molecule has 0 spiro atoms. The summed E-state index contributed by atoms with van der Waals surface area (Å²) in [6.07, 6.45) is 1.51. The fraction of sp³-hybridized carbons (Fsp3) is 0.929. The van der Waals surface area contributed by atoms with Gasteiger partial charge in [0.1, 0.15) is 5.60 Å². The summed E-state index contributed by atoms with van der Waals surface area (Å²) in [7, 11) is 0. The Balaban J connectivity index is 3.39. The van der Waals surface area contributed by atoms with E-state index < -0.39 is 5.60 Å². The van der Waals surface area contributed by atoms with Gasteiger partial charge in [-0.1, -0.05) is 20.8 Å². The molecule has 1 N–H and O–H groups in total. The van der Waals surface area contributed by atoms with E-state index in [1.807, 2.05) is 20.8 Å². The van der Waals surface area contributed by atoms with Gasteiger partial charge in [0.15, 0.2) is 0 Å². The lowest BCUT2D eigenvalue weighted by Crippen LogP contribution is -2.33. The van der Waals surface area contributed by atoms with Crippen molar-refractivity contribution in [1.82, 2.24) is 5.32 Å². The van der Waals surface area contributed by atoms with Crippen LogP contribution in [-0.2, 0) is 9.47 Å². The SMILES string of the molecule is CC(C)(C)COCCCCNC(=O)OC(C)(C)C. The molecule has 0 aromatic carbocycles. The summed E-state index contributed by atoms with van der Waals surface area (Å²) in [5.74, 6) is 0. The van der Waals surface area contributed by atoms with Gasteiger partial charge in [0, 0.05) is 13.2 Å². The number of nitrogens with one attached hydrogen (secondary N) is 1. The van der Waals surface area contributed by atoms with Crippen molar-refractivity contribution in [3.63, 3.8) is 0 Å². The summed E-state index contributed by atoms with van der Waals surface area (Å²) < 4.78 is 10.7. The Morgan fingerprint density at radius 3 is 2.17 bits per heavy atom. The fourth-order valence-electron chi connectivity index (χ4n) is 1.21. The maximum atomic E-state index is 11.3. The van der Waals surface area contributed by atoms with Crippen molar-refractivity contribution in [2.75, 3.05) is 19.8 Å². The average Bonchev–Trinajstić information content (AvgIpc) is 2.11. The quantitative estimate of drug-likeness (QED) is 0.744. The molecule has 4 heteroatoms. The Morgan fingerprint density at radius 1 is 1.06 bits per heavy atom. The third-order valence-corrected chi connectivity index (χ3v) is 1.92. The molecule has 0 saturated carbocycles. The zero-order chi connectivity index (χ0) is 14.2. The van der Waals surface area contributed by atoms with Gasteiger partial charge in [-0.15, -0.1) is 0 Å². The van der Waals surface area contributed by atoms with Crippen molar-refractivity contribution in [2.45, 2.75) is 60.0 Å². The summed E-state index contributed by atoms with van der Waals surface area (Å²) in [5, 5.41) is 2.73. The second-order valence-corrected chi connectivity index (χ2v) is 6.75. The van der Waals surface area contributed by atoms with Crippen LogP contribution in [0, 0.1) is 5.41 Å². The van der Waals surface area contributed by atoms with E-state index in [2.05, 4.69) is 26.1 Å². The van der Waals surface area contributed by atoms with E-state index in [9.17, 15) is 4.79 Å². The van der Waals surface area contributed by atoms with Crippen molar-refractivity contribution < 1.29 is 14.3 Å². The molecular formula is C14H29NO3. The van der Waals surface area contributed by atoms with E-state index in [0.29, 0.717) is 6.54 Å². The molecule has 1 amide bonds. The molecule has 0 rings (SSSR count). The maximum absolute atomic E-state index is 11.3. The van der Waals surface area contributed by atoms with Crippen molar-refractivity contribution in [2.24, 2.45) is 5.41 Å². The standard InChI is InChI=1S/C14H29NO3/c1-13(2,3)11-17-10-8-7-9-15-12(16)18-14(4,5)6/h7-11H2,1-6H3,(H,15,16). The van der Waals surface area contributed by atoms with Gasteiger partial charge in [-0.25, -0.2) is 4.79 Å². The second-order valence-electron chi connectivity index (χ2n) is 6.75. The molecule has 18 heavy (non-hydrogen) atoms. The molecular weight excluding hydrogens is 230 g/mol. The third kappa shape index (κ3) is 13.3. The first-order chi connectivity index (χ1) is 8.10. The Morgan fingerprint density at radius 2 is 1.67 bits per heavy atom. The van der Waals surface area contributed by atoms with E-state index in [1.165, 1.54) is 0 Å². The van der Waals surface area contributed by atoms with Gasteiger partial charge in [0.2, 0.25) is 0 Å². The first kappa shape index (κ1) is 17.2. The minimum atomic E-state index is -0.431. The van der Waals surface area contributed by atoms with Crippen LogP contribution >= 0.6 is 0 Å². The van der Waals surface area contributed by atoms with Gasteiger partial charge in [-0.2, -0.15) is 0 Å². The molecule has 0 aliphatic heterocycles. The lowest BCUT2D eigenvalue weighted by molar-refractivity contribution is 0.0518. The first-order valence-electron chi connectivity index (χ1n) is 6.65. The highest BCUT2D eigenvalue weighted by Gasteiger charge is 2.15. The number of hydrogen-bond acceptors (Lipinski definition) is 3. The normalized spacial score (nSPS) is 12.3. The first-order valence-corrected chi connectivity index (χ1v) is 6.65. The molecule has 0 heterocycles. The number of carbonyl (C=O) groups is 1. The predicted molar refractivity (Wildman–Crippen MR) is 73.7 cm³/mol. The second kappa shape index (κ2) is 7.62. The number of unbranched alkanes of at least 4 members (excludes halogenated alkanes) is 1. The fourth-order valence-corrected chi connectivity index (χ4v) is 1.21. The van der Waals surface area contributed by atoms with E-state index in [4.69, 9.17) is 9.47 Å². The maximum Gasteiger partial charge on any atom is 0.407 e. The van der Waals surface area contributed by atoms with Gasteiger partial charge in [0.25, 0.3) is 0 Å². The van der Waals surface area contributed by atoms with Crippen LogP contribution < -0.4 is 5.32 Å². The Hall–Kier alpha value is -0.770. The van der Waals surface area contributed by atoms with Crippen LogP contribution in [0.3, 0.4) is 0 Å². The van der Waals surface area contributed by atoms with Crippen molar-refractivity contribution >= 4 is 6.09 Å². The number of ether oxygens (including phenoxy) is 2. The van der Waals surface area contributed by atoms with Crippen molar-refractivity contribution in [3.8, 4) is 0 Å². The lowest BCUT2D eigenvalue weighted by Gasteiger charge is -2.19. The van der Waals surface area contributed by atoms with Crippen LogP contribution in [0.2, 0.25) is 0 Å². The number of rotatable bonds is 6. The molecule has 0 fully saturated rings. The van der Waals surface area contributed by atoms with Crippen LogP contribution in [0.1, 0.15) is 54.4 Å². The zero-order valence-corrected chi connectivity index (χ0v) is 12.8. The highest BCUT2D eigenvalue weighted by Crippen LogP contribution is 2.12. The topological polar surface area (TPSA) is 47.6 Å². The summed E-state index contributed by atoms with van der Waals surface area (Å²) in [6, 6.07) is 0. The highest BCUT2D eigenvalue weighted by molar-refractivity contribution is 5.67. The minimum absolute atomic E-state index is 0.217. The molecule has 0 saturated heterocycles. The Labute approximate surface area is 111 Å². The molecule has 0 aromatic heterocycles. The summed E-state index contributed by atoms with van der Waals surface area (Å²) in [5.41, 5.74) is -0.214. The molecule has 0 bridgehead atoms. The molecule has 0 unspecified atom stereocenters. The van der Waals surface area contributed by atoms with E-state index in [0.717, 1.165) is 26.1 Å². The van der Waals surface area contributed by atoms with Crippen LogP contribution in [0.15, 0.2) is 0 Å². The lowest BCUT2D eigenvalue weighted by atomic mass is 9.99. The van der Waals surface area contributed by atoms with E-state index in [1.54, 1.807) is 0 Å². The van der Waals surface area contributed by atoms with Crippen molar-refractivity contribution in [3.05, 3.63) is 0 Å². The number of amides is 1. The smallest absolute Gasteiger partial charge is 0.407 e. The monoisotopic (exact) mass is 259 g/mol. The number of alkyl carbamates (subject to hydrolysis) is 1. The van der Waals surface area contributed by atoms with E-state index >= 15 is 0 Å². The molecule has 108 valence electrons. The molecule has 0 aliphatic carbocycles. The van der Waals surface area contributed by atoms with Crippen LogP contribution in [0.4, 0.5) is 4.79 Å². The summed E-state index contributed by atoms with van der Waals surface area (Å²) in [4.78, 5) is 11.3. The Kier molecular flexibility index (Phi) is 7.29. The number of hydrogen-bond donors (Lipinski definition) is 1. The molecule has 4 nitrogen and oxygen atoms in total. The molecule has 0 radical (unpaired) electrons. The predicted octanol–water partition coefficient (Wildman–Crippen LogP) is 3.35. The third-order valence-electron chi connectivity index (χ3n) is 1.92. The Bertz CT molecular complexity index is 238. The highest BCUT2D eigenvalue weighted by atomic mass is 16.6. The van der Waals surface area contributed by atoms with Gasteiger partial charge in [-0.05, 0) is 39.0 Å². The molecule has 0 aliphatic rings.